The predicted octanol–water partition coefficient (Wildman–Crippen LogP) is 4.80. The monoisotopic (exact) mass is 274 g/mol. The highest BCUT2D eigenvalue weighted by molar-refractivity contribution is 7.99. The Morgan fingerprint density at radius 3 is 2.47 bits per heavy atom. The molecule has 0 aliphatic heterocycles. The van der Waals surface area contributed by atoms with Gasteiger partial charge in [0.25, 0.3) is 0 Å². The van der Waals surface area contributed by atoms with Crippen LogP contribution in [-0.2, 0) is 0 Å². The van der Waals surface area contributed by atoms with Crippen molar-refractivity contribution in [3.8, 4) is 0 Å². The summed E-state index contributed by atoms with van der Waals surface area (Å²) in [4.78, 5) is 13.3. The van der Waals surface area contributed by atoms with Crippen LogP contribution < -0.4 is 0 Å². The van der Waals surface area contributed by atoms with E-state index >= 15 is 0 Å². The standard InChI is InChI=1S/C16H15FOS/c1-10-7-8-14(11(2)9-10)19-15-6-4-5-13(17)16(15)12(3)18/h4-9H,1-3H3. The molecule has 0 amide bonds. The van der Waals surface area contributed by atoms with Crippen molar-refractivity contribution in [2.45, 2.75) is 30.6 Å². The molecule has 0 spiro atoms. The molecule has 2 aromatic rings. The maximum Gasteiger partial charge on any atom is 0.163 e. The third-order valence-corrected chi connectivity index (χ3v) is 4.12. The van der Waals surface area contributed by atoms with Crippen LogP contribution >= 0.6 is 11.8 Å². The summed E-state index contributed by atoms with van der Waals surface area (Å²) >= 11 is 1.43. The molecule has 3 heteroatoms. The fraction of sp³-hybridized carbons (Fsp3) is 0.188. The number of carbonyl (C=O) groups is 1. The van der Waals surface area contributed by atoms with Crippen LogP contribution in [-0.4, -0.2) is 5.78 Å². The Bertz CT molecular complexity index is 635. The van der Waals surface area contributed by atoms with Crippen molar-refractivity contribution >= 4 is 17.5 Å². The summed E-state index contributed by atoms with van der Waals surface area (Å²) in [6.45, 7) is 5.44. The summed E-state index contributed by atoms with van der Waals surface area (Å²) in [5.41, 5.74) is 2.49. The van der Waals surface area contributed by atoms with Gasteiger partial charge in [0.2, 0.25) is 0 Å². The zero-order chi connectivity index (χ0) is 14.0. The Morgan fingerprint density at radius 2 is 1.84 bits per heavy atom. The molecule has 0 radical (unpaired) electrons. The van der Waals surface area contributed by atoms with E-state index in [2.05, 4.69) is 6.07 Å². The zero-order valence-electron chi connectivity index (χ0n) is 11.2. The normalized spacial score (nSPS) is 10.5. The molecule has 0 bridgehead atoms. The van der Waals surface area contributed by atoms with Crippen molar-refractivity contribution in [1.82, 2.24) is 0 Å². The van der Waals surface area contributed by atoms with E-state index < -0.39 is 5.82 Å². The summed E-state index contributed by atoms with van der Waals surface area (Å²) in [7, 11) is 0. The highest BCUT2D eigenvalue weighted by Crippen LogP contribution is 2.34. The first-order valence-corrected chi connectivity index (χ1v) is 6.85. The van der Waals surface area contributed by atoms with E-state index in [0.717, 1.165) is 10.5 Å². The minimum absolute atomic E-state index is 0.174. The highest BCUT2D eigenvalue weighted by atomic mass is 32.2. The molecule has 2 aromatic carbocycles. The van der Waals surface area contributed by atoms with Crippen molar-refractivity contribution < 1.29 is 9.18 Å². The van der Waals surface area contributed by atoms with Gasteiger partial charge >= 0.3 is 0 Å². The van der Waals surface area contributed by atoms with Crippen molar-refractivity contribution in [2.24, 2.45) is 0 Å². The van der Waals surface area contributed by atoms with Crippen LogP contribution in [0.4, 0.5) is 4.39 Å². The number of rotatable bonds is 3. The first-order valence-electron chi connectivity index (χ1n) is 6.03. The summed E-state index contributed by atoms with van der Waals surface area (Å²) in [6.07, 6.45) is 0. The van der Waals surface area contributed by atoms with Crippen molar-refractivity contribution in [2.75, 3.05) is 0 Å². The first-order chi connectivity index (χ1) is 8.99. The second kappa shape index (κ2) is 5.57. The van der Waals surface area contributed by atoms with Gasteiger partial charge in [-0.2, -0.15) is 0 Å². The molecule has 0 saturated heterocycles. The van der Waals surface area contributed by atoms with Crippen LogP contribution in [0.25, 0.3) is 0 Å². The lowest BCUT2D eigenvalue weighted by Crippen LogP contribution is -1.99. The van der Waals surface area contributed by atoms with Gasteiger partial charge in [0.1, 0.15) is 5.82 Å². The Hall–Kier alpha value is -1.61. The smallest absolute Gasteiger partial charge is 0.163 e. The second-order valence-electron chi connectivity index (χ2n) is 4.54. The Labute approximate surface area is 116 Å². The van der Waals surface area contributed by atoms with Gasteiger partial charge < -0.3 is 0 Å². The van der Waals surface area contributed by atoms with Gasteiger partial charge in [-0.1, -0.05) is 35.5 Å². The van der Waals surface area contributed by atoms with E-state index in [1.807, 2.05) is 26.0 Å². The quantitative estimate of drug-likeness (QED) is 0.748. The second-order valence-corrected chi connectivity index (χ2v) is 5.62. The number of hydrogen-bond acceptors (Lipinski definition) is 2. The third-order valence-electron chi connectivity index (χ3n) is 2.88. The van der Waals surface area contributed by atoms with E-state index in [4.69, 9.17) is 0 Å². The summed E-state index contributed by atoms with van der Waals surface area (Å²) in [5.74, 6) is -0.701. The van der Waals surface area contributed by atoms with Crippen LogP contribution in [0, 0.1) is 19.7 Å². The maximum atomic E-state index is 13.7. The molecule has 0 N–H and O–H groups in total. The molecule has 0 atom stereocenters. The summed E-state index contributed by atoms with van der Waals surface area (Å²) in [5, 5.41) is 0. The van der Waals surface area contributed by atoms with E-state index in [1.54, 1.807) is 12.1 Å². The lowest BCUT2D eigenvalue weighted by molar-refractivity contribution is 0.101. The molecule has 0 unspecified atom stereocenters. The van der Waals surface area contributed by atoms with Gasteiger partial charge in [-0.15, -0.1) is 0 Å². The maximum absolute atomic E-state index is 13.7. The molecular formula is C16H15FOS. The largest absolute Gasteiger partial charge is 0.294 e. The van der Waals surface area contributed by atoms with Gasteiger partial charge in [-0.05, 0) is 44.5 Å². The van der Waals surface area contributed by atoms with Gasteiger partial charge in [0, 0.05) is 9.79 Å². The van der Waals surface area contributed by atoms with Crippen LogP contribution in [0.15, 0.2) is 46.2 Å². The molecule has 0 heterocycles. The lowest BCUT2D eigenvalue weighted by Gasteiger charge is -2.10. The molecule has 0 aliphatic rings. The van der Waals surface area contributed by atoms with E-state index in [-0.39, 0.29) is 11.3 Å². The lowest BCUT2D eigenvalue weighted by atomic mass is 10.1. The van der Waals surface area contributed by atoms with Crippen LogP contribution in [0.1, 0.15) is 28.4 Å². The Balaban J connectivity index is 2.44. The van der Waals surface area contributed by atoms with Crippen molar-refractivity contribution in [3.63, 3.8) is 0 Å². The molecule has 2 rings (SSSR count). The van der Waals surface area contributed by atoms with E-state index in [9.17, 15) is 9.18 Å². The third kappa shape index (κ3) is 3.04. The fourth-order valence-corrected chi connectivity index (χ4v) is 3.05. The molecule has 0 aliphatic carbocycles. The zero-order valence-corrected chi connectivity index (χ0v) is 12.0. The molecule has 0 saturated carbocycles. The first kappa shape index (κ1) is 13.8. The fourth-order valence-electron chi connectivity index (χ4n) is 1.96. The topological polar surface area (TPSA) is 17.1 Å². The predicted molar refractivity (Wildman–Crippen MR) is 76.4 cm³/mol. The van der Waals surface area contributed by atoms with Crippen molar-refractivity contribution in [3.05, 3.63) is 58.9 Å². The molecule has 1 nitrogen and oxygen atoms in total. The minimum atomic E-state index is -0.456. The average molecular weight is 274 g/mol. The van der Waals surface area contributed by atoms with Gasteiger partial charge in [0.15, 0.2) is 5.78 Å². The van der Waals surface area contributed by atoms with Crippen LogP contribution in [0.2, 0.25) is 0 Å². The number of aryl methyl sites for hydroxylation is 2. The molecular weight excluding hydrogens is 259 g/mol. The van der Waals surface area contributed by atoms with Gasteiger partial charge in [-0.25, -0.2) is 4.39 Å². The van der Waals surface area contributed by atoms with Crippen molar-refractivity contribution in [1.29, 1.82) is 0 Å². The van der Waals surface area contributed by atoms with Crippen LogP contribution in [0.5, 0.6) is 0 Å². The number of halogens is 1. The summed E-state index contributed by atoms with van der Waals surface area (Å²) in [6, 6.07) is 10.8. The van der Waals surface area contributed by atoms with E-state index in [1.165, 1.54) is 30.3 Å². The number of Topliss-reactive ketones (excluding diaryl/α,β-unsaturated/α-hetero) is 1. The Morgan fingerprint density at radius 1 is 1.11 bits per heavy atom. The number of ketones is 1. The number of hydrogen-bond donors (Lipinski definition) is 0. The number of benzene rings is 2. The van der Waals surface area contributed by atoms with E-state index in [0.29, 0.717) is 4.90 Å². The van der Waals surface area contributed by atoms with Gasteiger partial charge in [0.05, 0.1) is 5.56 Å². The minimum Gasteiger partial charge on any atom is -0.294 e. The van der Waals surface area contributed by atoms with Gasteiger partial charge in [-0.3, -0.25) is 4.79 Å². The Kier molecular flexibility index (Phi) is 4.05. The molecule has 98 valence electrons. The number of carbonyl (C=O) groups excluding carboxylic acids is 1. The molecule has 19 heavy (non-hydrogen) atoms. The molecule has 0 fully saturated rings. The van der Waals surface area contributed by atoms with Crippen LogP contribution in [0.3, 0.4) is 0 Å². The molecule has 0 aromatic heterocycles. The highest BCUT2D eigenvalue weighted by Gasteiger charge is 2.14. The summed E-state index contributed by atoms with van der Waals surface area (Å²) < 4.78 is 13.7. The average Bonchev–Trinajstić information content (AvgIpc) is 2.32. The SMILES string of the molecule is CC(=O)c1c(F)cccc1Sc1ccc(C)cc1C.